The molecule has 0 aliphatic heterocycles. The Balaban J connectivity index is 1.85. The Bertz CT molecular complexity index is 720. The van der Waals surface area contributed by atoms with E-state index in [0.717, 1.165) is 12.1 Å². The number of pyridine rings is 1. The highest BCUT2D eigenvalue weighted by atomic mass is 19.4. The normalized spacial score (nSPS) is 13.2. The quantitative estimate of drug-likeness (QED) is 0.467. The minimum Gasteiger partial charge on any atom is -0.490 e. The number of rotatable bonds is 6. The molecule has 2 aromatic rings. The van der Waals surface area contributed by atoms with Crippen LogP contribution in [0.1, 0.15) is 24.1 Å². The topological polar surface area (TPSA) is 58.5 Å². The second-order valence-electron chi connectivity index (χ2n) is 5.53. The summed E-state index contributed by atoms with van der Waals surface area (Å²) in [4.78, 5) is 8.02. The first-order valence-electron chi connectivity index (χ1n) is 8.07. The molecule has 0 bridgehead atoms. The van der Waals surface area contributed by atoms with Gasteiger partial charge in [-0.1, -0.05) is 12.1 Å². The monoisotopic (exact) mass is 366 g/mol. The fraction of sp³-hybridized carbons (Fsp3) is 0.333. The van der Waals surface area contributed by atoms with Crippen LogP contribution in [0.4, 0.5) is 13.2 Å². The number of hydrogen-bond acceptors (Lipinski definition) is 3. The highest BCUT2D eigenvalue weighted by Gasteiger charge is 2.30. The fourth-order valence-corrected chi connectivity index (χ4v) is 2.24. The standard InChI is InChI=1S/C18H21F3N4O/c1-13(14-5-3-6-15(11-14)18(19,20)21)25-17(22-2)24-9-10-26-16-7-4-8-23-12-16/h3-8,11-13H,9-10H2,1-2H3,(H2,22,24,25). The predicted molar refractivity (Wildman–Crippen MR) is 94.1 cm³/mol. The Morgan fingerprint density at radius 1 is 1.27 bits per heavy atom. The Morgan fingerprint density at radius 2 is 2.08 bits per heavy atom. The van der Waals surface area contributed by atoms with E-state index in [9.17, 15) is 13.2 Å². The van der Waals surface area contributed by atoms with Crippen LogP contribution in [0.15, 0.2) is 53.8 Å². The van der Waals surface area contributed by atoms with Crippen molar-refractivity contribution in [2.24, 2.45) is 4.99 Å². The Hall–Kier alpha value is -2.77. The number of aromatic nitrogens is 1. The number of alkyl halides is 3. The predicted octanol–water partition coefficient (Wildman–Crippen LogP) is 3.41. The van der Waals surface area contributed by atoms with Crippen molar-refractivity contribution in [2.45, 2.75) is 19.1 Å². The van der Waals surface area contributed by atoms with E-state index in [-0.39, 0.29) is 6.04 Å². The molecule has 1 heterocycles. The smallest absolute Gasteiger partial charge is 0.416 e. The first-order valence-corrected chi connectivity index (χ1v) is 8.07. The number of halogens is 3. The molecule has 0 amide bonds. The fourth-order valence-electron chi connectivity index (χ4n) is 2.24. The molecular formula is C18H21F3N4O. The highest BCUT2D eigenvalue weighted by Crippen LogP contribution is 2.30. The van der Waals surface area contributed by atoms with Crippen LogP contribution >= 0.6 is 0 Å². The third kappa shape index (κ3) is 5.94. The maximum atomic E-state index is 12.8. The second kappa shape index (κ2) is 9.07. The number of hydrogen-bond donors (Lipinski definition) is 2. The molecule has 5 nitrogen and oxygen atoms in total. The van der Waals surface area contributed by atoms with Gasteiger partial charge in [-0.2, -0.15) is 13.2 Å². The van der Waals surface area contributed by atoms with Crippen molar-refractivity contribution in [1.29, 1.82) is 0 Å². The van der Waals surface area contributed by atoms with Crippen molar-refractivity contribution in [2.75, 3.05) is 20.2 Å². The van der Waals surface area contributed by atoms with E-state index in [0.29, 0.717) is 30.4 Å². The van der Waals surface area contributed by atoms with Crippen molar-refractivity contribution in [1.82, 2.24) is 15.6 Å². The zero-order valence-corrected chi connectivity index (χ0v) is 14.5. The molecule has 1 aromatic carbocycles. The first-order chi connectivity index (χ1) is 12.4. The lowest BCUT2D eigenvalue weighted by molar-refractivity contribution is -0.137. The average Bonchev–Trinajstić information content (AvgIpc) is 2.64. The van der Waals surface area contributed by atoms with Gasteiger partial charge in [-0.25, -0.2) is 0 Å². The maximum absolute atomic E-state index is 12.8. The number of aliphatic imine (C=N–C) groups is 1. The Labute approximate surface area is 150 Å². The van der Waals surface area contributed by atoms with Crippen molar-refractivity contribution in [3.05, 3.63) is 59.9 Å². The summed E-state index contributed by atoms with van der Waals surface area (Å²) in [5.74, 6) is 1.14. The molecule has 26 heavy (non-hydrogen) atoms. The highest BCUT2D eigenvalue weighted by molar-refractivity contribution is 5.80. The van der Waals surface area contributed by atoms with Crippen molar-refractivity contribution < 1.29 is 17.9 Å². The van der Waals surface area contributed by atoms with Crippen molar-refractivity contribution in [3.8, 4) is 5.75 Å². The number of ether oxygens (including phenoxy) is 1. The van der Waals surface area contributed by atoms with Gasteiger partial charge in [-0.15, -0.1) is 0 Å². The van der Waals surface area contributed by atoms with Crippen LogP contribution in [-0.2, 0) is 6.18 Å². The van der Waals surface area contributed by atoms with Crippen LogP contribution in [0.3, 0.4) is 0 Å². The molecule has 2 N–H and O–H groups in total. The summed E-state index contributed by atoms with van der Waals surface area (Å²) < 4.78 is 44.0. The van der Waals surface area contributed by atoms with Crippen molar-refractivity contribution >= 4 is 5.96 Å². The van der Waals surface area contributed by atoms with Gasteiger partial charge in [0.05, 0.1) is 24.3 Å². The molecule has 1 atom stereocenters. The van der Waals surface area contributed by atoms with Crippen LogP contribution in [0.5, 0.6) is 5.75 Å². The van der Waals surface area contributed by atoms with Gasteiger partial charge in [-0.3, -0.25) is 9.98 Å². The summed E-state index contributed by atoms with van der Waals surface area (Å²) in [5.41, 5.74) is -0.147. The number of guanidine groups is 1. The van der Waals surface area contributed by atoms with Gasteiger partial charge in [-0.05, 0) is 36.8 Å². The van der Waals surface area contributed by atoms with E-state index in [1.54, 1.807) is 44.6 Å². The maximum Gasteiger partial charge on any atom is 0.416 e. The molecule has 2 rings (SSSR count). The minimum atomic E-state index is -4.36. The summed E-state index contributed by atoms with van der Waals surface area (Å²) in [5, 5.41) is 6.12. The molecule has 140 valence electrons. The van der Waals surface area contributed by atoms with Gasteiger partial charge >= 0.3 is 6.18 Å². The molecule has 0 saturated carbocycles. The van der Waals surface area contributed by atoms with Gasteiger partial charge in [0.2, 0.25) is 0 Å². The first kappa shape index (κ1) is 19.6. The SMILES string of the molecule is CN=C(NCCOc1cccnc1)NC(C)c1cccc(C(F)(F)F)c1. The molecule has 0 saturated heterocycles. The van der Waals surface area contributed by atoms with Gasteiger partial charge < -0.3 is 15.4 Å². The zero-order valence-electron chi connectivity index (χ0n) is 14.5. The van der Waals surface area contributed by atoms with Crippen LogP contribution in [0.2, 0.25) is 0 Å². The third-order valence-corrected chi connectivity index (χ3v) is 3.59. The summed E-state index contributed by atoms with van der Waals surface area (Å²) in [7, 11) is 1.59. The molecule has 0 aliphatic carbocycles. The van der Waals surface area contributed by atoms with E-state index < -0.39 is 11.7 Å². The second-order valence-corrected chi connectivity index (χ2v) is 5.53. The van der Waals surface area contributed by atoms with E-state index >= 15 is 0 Å². The molecular weight excluding hydrogens is 345 g/mol. The summed E-state index contributed by atoms with van der Waals surface area (Å²) in [6.45, 7) is 2.64. The van der Waals surface area contributed by atoms with E-state index in [2.05, 4.69) is 20.6 Å². The summed E-state index contributed by atoms with van der Waals surface area (Å²) in [6, 6.07) is 8.47. The molecule has 1 aromatic heterocycles. The number of nitrogens with one attached hydrogen (secondary N) is 2. The Kier molecular flexibility index (Phi) is 6.82. The van der Waals surface area contributed by atoms with Crippen molar-refractivity contribution in [3.63, 3.8) is 0 Å². The molecule has 0 aliphatic rings. The molecule has 0 spiro atoms. The van der Waals surface area contributed by atoms with Crippen LogP contribution in [0, 0.1) is 0 Å². The molecule has 1 unspecified atom stereocenters. The average molecular weight is 366 g/mol. The number of benzene rings is 1. The lowest BCUT2D eigenvalue weighted by Crippen LogP contribution is -2.40. The molecule has 0 radical (unpaired) electrons. The van der Waals surface area contributed by atoms with E-state index in [4.69, 9.17) is 4.74 Å². The van der Waals surface area contributed by atoms with Gasteiger partial charge in [0, 0.05) is 13.2 Å². The summed E-state index contributed by atoms with van der Waals surface area (Å²) >= 11 is 0. The lowest BCUT2D eigenvalue weighted by atomic mass is 10.1. The number of nitrogens with zero attached hydrogens (tertiary/aromatic N) is 2. The van der Waals surface area contributed by atoms with Gasteiger partial charge in [0.1, 0.15) is 12.4 Å². The molecule has 0 fully saturated rings. The van der Waals surface area contributed by atoms with Crippen LogP contribution in [-0.4, -0.2) is 31.1 Å². The largest absolute Gasteiger partial charge is 0.490 e. The van der Waals surface area contributed by atoms with Gasteiger partial charge in [0.25, 0.3) is 0 Å². The van der Waals surface area contributed by atoms with E-state index in [1.165, 1.54) is 6.07 Å². The lowest BCUT2D eigenvalue weighted by Gasteiger charge is -2.19. The van der Waals surface area contributed by atoms with E-state index in [1.807, 2.05) is 0 Å². The van der Waals surface area contributed by atoms with Crippen LogP contribution in [0.25, 0.3) is 0 Å². The summed E-state index contributed by atoms with van der Waals surface area (Å²) in [6.07, 6.45) is -1.09. The third-order valence-electron chi connectivity index (χ3n) is 3.59. The van der Waals surface area contributed by atoms with Gasteiger partial charge in [0.15, 0.2) is 5.96 Å². The zero-order chi connectivity index (χ0) is 19.0. The van der Waals surface area contributed by atoms with Crippen LogP contribution < -0.4 is 15.4 Å². The Morgan fingerprint density at radius 3 is 2.73 bits per heavy atom. The molecule has 8 heteroatoms. The minimum absolute atomic E-state index is 0.345.